The third-order valence-corrected chi connectivity index (χ3v) is 4.06. The van der Waals surface area contributed by atoms with E-state index in [-0.39, 0.29) is 0 Å². The van der Waals surface area contributed by atoms with Crippen molar-refractivity contribution < 1.29 is 9.47 Å². The number of benzene rings is 2. The van der Waals surface area contributed by atoms with Gasteiger partial charge < -0.3 is 14.8 Å². The van der Waals surface area contributed by atoms with E-state index in [0.717, 1.165) is 33.6 Å². The van der Waals surface area contributed by atoms with Crippen LogP contribution >= 0.6 is 11.3 Å². The van der Waals surface area contributed by atoms with Crippen LogP contribution in [-0.4, -0.2) is 18.7 Å². The lowest BCUT2D eigenvalue weighted by atomic mass is 10.2. The van der Waals surface area contributed by atoms with Crippen LogP contribution in [0.4, 0.5) is 10.8 Å². The molecule has 4 nitrogen and oxygen atoms in total. The van der Waals surface area contributed by atoms with Crippen LogP contribution in [0.25, 0.3) is 11.3 Å². The molecule has 23 heavy (non-hydrogen) atoms. The van der Waals surface area contributed by atoms with E-state index in [1.165, 1.54) is 0 Å². The van der Waals surface area contributed by atoms with E-state index in [4.69, 9.17) is 9.47 Å². The van der Waals surface area contributed by atoms with Gasteiger partial charge in [0.2, 0.25) is 0 Å². The summed E-state index contributed by atoms with van der Waals surface area (Å²) in [5.74, 6) is 1.72. The molecule has 0 aliphatic heterocycles. The standard InChI is InChI=1S/C18H18N2O2S/c1-3-22-16-10-6-14(7-11-16)19-18-20-17(12-23-18)13-4-8-15(21-2)9-5-13/h4-12H,3H2,1-2H3,(H,19,20). The van der Waals surface area contributed by atoms with Gasteiger partial charge in [0.05, 0.1) is 19.4 Å². The highest BCUT2D eigenvalue weighted by Gasteiger charge is 2.05. The number of hydrogen-bond donors (Lipinski definition) is 1. The first kappa shape index (κ1) is 15.4. The van der Waals surface area contributed by atoms with Crippen molar-refractivity contribution in [3.8, 4) is 22.8 Å². The van der Waals surface area contributed by atoms with Crippen LogP contribution in [0.2, 0.25) is 0 Å². The van der Waals surface area contributed by atoms with Gasteiger partial charge in [0.1, 0.15) is 11.5 Å². The molecule has 0 aliphatic rings. The average molecular weight is 326 g/mol. The quantitative estimate of drug-likeness (QED) is 0.695. The maximum atomic E-state index is 5.44. The number of aromatic nitrogens is 1. The topological polar surface area (TPSA) is 43.4 Å². The fourth-order valence-electron chi connectivity index (χ4n) is 2.15. The second-order valence-corrected chi connectivity index (χ2v) is 5.71. The summed E-state index contributed by atoms with van der Waals surface area (Å²) in [6.07, 6.45) is 0. The van der Waals surface area contributed by atoms with E-state index in [2.05, 4.69) is 10.3 Å². The molecule has 0 saturated carbocycles. The number of thiazole rings is 1. The molecule has 0 spiro atoms. The van der Waals surface area contributed by atoms with Gasteiger partial charge in [-0.05, 0) is 55.5 Å². The maximum Gasteiger partial charge on any atom is 0.187 e. The lowest BCUT2D eigenvalue weighted by Crippen LogP contribution is -1.92. The normalized spacial score (nSPS) is 10.3. The number of hydrogen-bond acceptors (Lipinski definition) is 5. The van der Waals surface area contributed by atoms with Crippen molar-refractivity contribution >= 4 is 22.2 Å². The molecular formula is C18H18N2O2S. The van der Waals surface area contributed by atoms with E-state index < -0.39 is 0 Å². The van der Waals surface area contributed by atoms with Crippen molar-refractivity contribution in [1.29, 1.82) is 0 Å². The van der Waals surface area contributed by atoms with Gasteiger partial charge in [-0.3, -0.25) is 0 Å². The van der Waals surface area contributed by atoms with Crippen LogP contribution in [0.5, 0.6) is 11.5 Å². The van der Waals surface area contributed by atoms with Crippen LogP contribution in [0.3, 0.4) is 0 Å². The Balaban J connectivity index is 1.71. The van der Waals surface area contributed by atoms with Gasteiger partial charge in [-0.1, -0.05) is 0 Å². The van der Waals surface area contributed by atoms with Gasteiger partial charge in [-0.15, -0.1) is 11.3 Å². The SMILES string of the molecule is CCOc1ccc(Nc2nc(-c3ccc(OC)cc3)cs2)cc1. The smallest absolute Gasteiger partial charge is 0.187 e. The zero-order chi connectivity index (χ0) is 16.1. The second kappa shape index (κ2) is 7.15. The number of nitrogens with one attached hydrogen (secondary N) is 1. The molecule has 1 aromatic heterocycles. The molecule has 2 aromatic carbocycles. The Kier molecular flexibility index (Phi) is 4.78. The molecule has 0 bridgehead atoms. The summed E-state index contributed by atoms with van der Waals surface area (Å²) in [5.41, 5.74) is 3.01. The van der Waals surface area contributed by atoms with E-state index >= 15 is 0 Å². The highest BCUT2D eigenvalue weighted by molar-refractivity contribution is 7.14. The summed E-state index contributed by atoms with van der Waals surface area (Å²) in [6, 6.07) is 15.8. The first-order chi connectivity index (χ1) is 11.3. The van der Waals surface area contributed by atoms with Gasteiger partial charge in [-0.2, -0.15) is 0 Å². The Morgan fingerprint density at radius 3 is 2.35 bits per heavy atom. The minimum Gasteiger partial charge on any atom is -0.497 e. The van der Waals surface area contributed by atoms with Crippen LogP contribution in [0.1, 0.15) is 6.92 Å². The van der Waals surface area contributed by atoms with Crippen LogP contribution in [0.15, 0.2) is 53.9 Å². The Hall–Kier alpha value is -2.53. The van der Waals surface area contributed by atoms with Gasteiger partial charge >= 0.3 is 0 Å². The largest absolute Gasteiger partial charge is 0.497 e. The van der Waals surface area contributed by atoms with Gasteiger partial charge in [0, 0.05) is 16.6 Å². The van der Waals surface area contributed by atoms with E-state index in [1.807, 2.05) is 60.8 Å². The minimum atomic E-state index is 0.671. The Morgan fingerprint density at radius 1 is 1.00 bits per heavy atom. The van der Waals surface area contributed by atoms with Gasteiger partial charge in [-0.25, -0.2) is 4.98 Å². The van der Waals surface area contributed by atoms with E-state index in [0.29, 0.717) is 6.61 Å². The molecule has 0 atom stereocenters. The zero-order valence-electron chi connectivity index (χ0n) is 13.1. The molecule has 0 radical (unpaired) electrons. The molecule has 0 saturated heterocycles. The highest BCUT2D eigenvalue weighted by atomic mass is 32.1. The van der Waals surface area contributed by atoms with Gasteiger partial charge in [0.25, 0.3) is 0 Å². The van der Waals surface area contributed by atoms with Crippen LogP contribution in [-0.2, 0) is 0 Å². The minimum absolute atomic E-state index is 0.671. The molecule has 0 amide bonds. The summed E-state index contributed by atoms with van der Waals surface area (Å²) >= 11 is 1.58. The Labute approximate surface area is 139 Å². The average Bonchev–Trinajstić information content (AvgIpc) is 3.05. The third kappa shape index (κ3) is 3.81. The van der Waals surface area contributed by atoms with Crippen molar-refractivity contribution in [3.63, 3.8) is 0 Å². The fourth-order valence-corrected chi connectivity index (χ4v) is 2.89. The van der Waals surface area contributed by atoms with E-state index in [1.54, 1.807) is 18.4 Å². The predicted octanol–water partition coefficient (Wildman–Crippen LogP) is 4.96. The van der Waals surface area contributed by atoms with Gasteiger partial charge in [0.15, 0.2) is 5.13 Å². The zero-order valence-corrected chi connectivity index (χ0v) is 13.9. The number of methoxy groups -OCH3 is 1. The number of anilines is 2. The molecule has 1 heterocycles. The summed E-state index contributed by atoms with van der Waals surface area (Å²) in [4.78, 5) is 4.63. The lowest BCUT2D eigenvalue weighted by molar-refractivity contribution is 0.340. The molecule has 118 valence electrons. The first-order valence-corrected chi connectivity index (χ1v) is 8.26. The number of rotatable bonds is 6. The summed E-state index contributed by atoms with van der Waals surface area (Å²) in [6.45, 7) is 2.65. The fraction of sp³-hybridized carbons (Fsp3) is 0.167. The molecule has 0 fully saturated rings. The molecule has 5 heteroatoms. The molecule has 3 aromatic rings. The van der Waals surface area contributed by atoms with Crippen molar-refractivity contribution in [1.82, 2.24) is 4.98 Å². The number of nitrogens with zero attached hydrogens (tertiary/aromatic N) is 1. The molecule has 0 unspecified atom stereocenters. The highest BCUT2D eigenvalue weighted by Crippen LogP contribution is 2.28. The van der Waals surface area contributed by atoms with Crippen molar-refractivity contribution in [2.45, 2.75) is 6.92 Å². The van der Waals surface area contributed by atoms with Crippen molar-refractivity contribution in [2.75, 3.05) is 19.0 Å². The van der Waals surface area contributed by atoms with Crippen LogP contribution < -0.4 is 14.8 Å². The van der Waals surface area contributed by atoms with E-state index in [9.17, 15) is 0 Å². The Morgan fingerprint density at radius 2 is 1.70 bits per heavy atom. The first-order valence-electron chi connectivity index (χ1n) is 7.38. The van der Waals surface area contributed by atoms with Crippen LogP contribution in [0, 0.1) is 0 Å². The maximum absolute atomic E-state index is 5.44. The molecular weight excluding hydrogens is 308 g/mol. The molecule has 0 aliphatic carbocycles. The van der Waals surface area contributed by atoms with Crippen molar-refractivity contribution in [2.24, 2.45) is 0 Å². The summed E-state index contributed by atoms with van der Waals surface area (Å²) < 4.78 is 10.6. The summed E-state index contributed by atoms with van der Waals surface area (Å²) in [5, 5.41) is 6.21. The number of ether oxygens (including phenoxy) is 2. The third-order valence-electron chi connectivity index (χ3n) is 3.31. The summed E-state index contributed by atoms with van der Waals surface area (Å²) in [7, 11) is 1.66. The van der Waals surface area contributed by atoms with Crippen molar-refractivity contribution in [3.05, 3.63) is 53.9 Å². The second-order valence-electron chi connectivity index (χ2n) is 4.85. The predicted molar refractivity (Wildman–Crippen MR) is 95.0 cm³/mol. The molecule has 1 N–H and O–H groups in total. The lowest BCUT2D eigenvalue weighted by Gasteiger charge is -2.05. The Bertz CT molecular complexity index is 751. The monoisotopic (exact) mass is 326 g/mol. The molecule has 3 rings (SSSR count).